The highest BCUT2D eigenvalue weighted by atomic mass is 16.3. The van der Waals surface area contributed by atoms with Crippen LogP contribution in [0.1, 0.15) is 111 Å². The van der Waals surface area contributed by atoms with E-state index in [4.69, 9.17) is 0 Å². The predicted molar refractivity (Wildman–Crippen MR) is 109 cm³/mol. The van der Waals surface area contributed by atoms with Crippen molar-refractivity contribution in [2.24, 2.45) is 5.92 Å². The van der Waals surface area contributed by atoms with Crippen LogP contribution in [0.4, 0.5) is 0 Å². The van der Waals surface area contributed by atoms with E-state index in [1.54, 1.807) is 6.92 Å². The zero-order valence-corrected chi connectivity index (χ0v) is 17.6. The Labute approximate surface area is 157 Å². The molecular formula is C22H45NO2. The topological polar surface area (TPSA) is 40.5 Å². The van der Waals surface area contributed by atoms with E-state index in [1.807, 2.05) is 11.9 Å². The molecule has 0 aliphatic rings. The van der Waals surface area contributed by atoms with Crippen LogP contribution in [0.2, 0.25) is 0 Å². The molecule has 150 valence electrons. The first-order chi connectivity index (χ1) is 12.1. The van der Waals surface area contributed by atoms with E-state index >= 15 is 0 Å². The Bertz CT molecular complexity index is 306. The van der Waals surface area contributed by atoms with Gasteiger partial charge in [0.15, 0.2) is 0 Å². The fraction of sp³-hybridized carbons (Fsp3) is 0.955. The fourth-order valence-corrected chi connectivity index (χ4v) is 3.71. The number of rotatable bonds is 17. The summed E-state index contributed by atoms with van der Waals surface area (Å²) in [6.45, 7) is 6.33. The lowest BCUT2D eigenvalue weighted by Gasteiger charge is -2.33. The molecule has 25 heavy (non-hydrogen) atoms. The Morgan fingerprint density at radius 3 is 1.68 bits per heavy atom. The summed E-state index contributed by atoms with van der Waals surface area (Å²) in [5.41, 5.74) is 0. The number of aliphatic hydroxyl groups excluding tert-OH is 1. The van der Waals surface area contributed by atoms with Gasteiger partial charge in [-0.25, -0.2) is 0 Å². The highest BCUT2D eigenvalue weighted by Gasteiger charge is 2.25. The molecule has 3 heteroatoms. The smallest absolute Gasteiger partial charge is 0.219 e. The summed E-state index contributed by atoms with van der Waals surface area (Å²) in [4.78, 5) is 13.8. The van der Waals surface area contributed by atoms with Crippen molar-refractivity contribution in [3.8, 4) is 0 Å². The quantitative estimate of drug-likeness (QED) is 0.328. The number of aliphatic hydroxyl groups is 1. The lowest BCUT2D eigenvalue weighted by Crippen LogP contribution is -2.42. The molecular weight excluding hydrogens is 310 g/mol. The predicted octanol–water partition coefficient (Wildman–Crippen LogP) is 5.94. The highest BCUT2D eigenvalue weighted by molar-refractivity contribution is 5.73. The fourth-order valence-electron chi connectivity index (χ4n) is 3.71. The molecule has 2 unspecified atom stereocenters. The molecule has 0 aromatic rings. The molecule has 3 nitrogen and oxygen atoms in total. The van der Waals surface area contributed by atoms with Gasteiger partial charge in [0.05, 0.1) is 0 Å². The Hall–Kier alpha value is -0.570. The number of unbranched alkanes of at least 4 members (excludes halogenated alkanes) is 10. The number of carbonyl (C=O) groups excluding carboxylic acids is 1. The molecule has 0 bridgehead atoms. The van der Waals surface area contributed by atoms with Crippen LogP contribution in [0.25, 0.3) is 0 Å². The standard InChI is InChI=1S/C22H45NO2/c1-5-7-9-11-12-14-16-18-22(23(4)20(3)25)21(19-24)17-15-13-10-8-6-2/h21-22,24H,5-19H2,1-4H3. The Balaban J connectivity index is 4.30. The largest absolute Gasteiger partial charge is 0.396 e. The van der Waals surface area contributed by atoms with Crippen LogP contribution in [0.5, 0.6) is 0 Å². The lowest BCUT2D eigenvalue weighted by molar-refractivity contribution is -0.131. The monoisotopic (exact) mass is 355 g/mol. The third-order valence-corrected chi connectivity index (χ3v) is 5.55. The minimum atomic E-state index is 0.123. The van der Waals surface area contributed by atoms with Crippen LogP contribution in [-0.2, 0) is 4.79 Å². The summed E-state index contributed by atoms with van der Waals surface area (Å²) in [5, 5.41) is 9.89. The first-order valence-electron chi connectivity index (χ1n) is 10.9. The van der Waals surface area contributed by atoms with Crippen molar-refractivity contribution < 1.29 is 9.90 Å². The molecule has 0 aliphatic heterocycles. The van der Waals surface area contributed by atoms with E-state index in [1.165, 1.54) is 77.0 Å². The van der Waals surface area contributed by atoms with Crippen LogP contribution >= 0.6 is 0 Å². The maximum atomic E-state index is 11.9. The van der Waals surface area contributed by atoms with Crippen LogP contribution < -0.4 is 0 Å². The second-order valence-corrected chi connectivity index (χ2v) is 7.75. The van der Waals surface area contributed by atoms with Gasteiger partial charge in [-0.05, 0) is 12.8 Å². The number of amides is 1. The van der Waals surface area contributed by atoms with Crippen LogP contribution in [0, 0.1) is 5.92 Å². The van der Waals surface area contributed by atoms with Gasteiger partial charge in [-0.1, -0.05) is 90.9 Å². The molecule has 0 aromatic carbocycles. The third-order valence-electron chi connectivity index (χ3n) is 5.55. The molecule has 0 radical (unpaired) electrons. The molecule has 0 aromatic heterocycles. The van der Waals surface area contributed by atoms with Gasteiger partial charge in [-0.3, -0.25) is 4.79 Å². The maximum absolute atomic E-state index is 11.9. The number of nitrogens with zero attached hydrogens (tertiary/aromatic N) is 1. The summed E-state index contributed by atoms with van der Waals surface area (Å²) in [5.74, 6) is 0.355. The molecule has 0 aliphatic carbocycles. The van der Waals surface area contributed by atoms with Crippen LogP contribution in [0.3, 0.4) is 0 Å². The molecule has 2 atom stereocenters. The minimum absolute atomic E-state index is 0.123. The van der Waals surface area contributed by atoms with Gasteiger partial charge in [-0.15, -0.1) is 0 Å². The van der Waals surface area contributed by atoms with Crippen molar-refractivity contribution in [1.29, 1.82) is 0 Å². The van der Waals surface area contributed by atoms with Crippen LogP contribution in [0.15, 0.2) is 0 Å². The summed E-state index contributed by atoms with van der Waals surface area (Å²) >= 11 is 0. The molecule has 0 spiro atoms. The molecule has 0 saturated heterocycles. The van der Waals surface area contributed by atoms with Crippen LogP contribution in [-0.4, -0.2) is 35.6 Å². The number of carbonyl (C=O) groups is 1. The second-order valence-electron chi connectivity index (χ2n) is 7.75. The van der Waals surface area contributed by atoms with Crippen molar-refractivity contribution in [1.82, 2.24) is 4.90 Å². The van der Waals surface area contributed by atoms with E-state index in [2.05, 4.69) is 13.8 Å². The number of hydrogen-bond donors (Lipinski definition) is 1. The maximum Gasteiger partial charge on any atom is 0.219 e. The molecule has 0 rings (SSSR count). The molecule has 0 fully saturated rings. The summed E-state index contributed by atoms with van der Waals surface area (Å²) in [7, 11) is 1.91. The summed E-state index contributed by atoms with van der Waals surface area (Å²) in [6, 6.07) is 0.198. The van der Waals surface area contributed by atoms with E-state index in [-0.39, 0.29) is 24.5 Å². The van der Waals surface area contributed by atoms with Gasteiger partial charge >= 0.3 is 0 Å². The van der Waals surface area contributed by atoms with Gasteiger partial charge in [0.1, 0.15) is 0 Å². The summed E-state index contributed by atoms with van der Waals surface area (Å²) in [6.07, 6.45) is 17.4. The van der Waals surface area contributed by atoms with Crippen molar-refractivity contribution >= 4 is 5.91 Å². The first-order valence-corrected chi connectivity index (χ1v) is 10.9. The summed E-state index contributed by atoms with van der Waals surface area (Å²) < 4.78 is 0. The Morgan fingerprint density at radius 2 is 1.24 bits per heavy atom. The normalized spacial score (nSPS) is 13.6. The zero-order chi connectivity index (χ0) is 18.9. The van der Waals surface area contributed by atoms with Gasteiger partial charge in [0.2, 0.25) is 5.91 Å². The SMILES string of the molecule is CCCCCCCCCC(C(CO)CCCCCCC)N(C)C(C)=O. The van der Waals surface area contributed by atoms with E-state index in [9.17, 15) is 9.90 Å². The van der Waals surface area contributed by atoms with Gasteiger partial charge < -0.3 is 10.0 Å². The Morgan fingerprint density at radius 1 is 0.800 bits per heavy atom. The van der Waals surface area contributed by atoms with Crippen molar-refractivity contribution in [2.45, 2.75) is 117 Å². The third kappa shape index (κ3) is 12.4. The average molecular weight is 356 g/mol. The van der Waals surface area contributed by atoms with E-state index < -0.39 is 0 Å². The second kappa shape index (κ2) is 16.9. The van der Waals surface area contributed by atoms with Gasteiger partial charge in [-0.2, -0.15) is 0 Å². The van der Waals surface area contributed by atoms with Gasteiger partial charge in [0.25, 0.3) is 0 Å². The van der Waals surface area contributed by atoms with Crippen molar-refractivity contribution in [3.05, 3.63) is 0 Å². The van der Waals surface area contributed by atoms with Gasteiger partial charge in [0, 0.05) is 32.5 Å². The zero-order valence-electron chi connectivity index (χ0n) is 17.6. The molecule has 1 amide bonds. The first kappa shape index (κ1) is 24.4. The molecule has 0 heterocycles. The van der Waals surface area contributed by atoms with E-state index in [0.717, 1.165) is 12.8 Å². The van der Waals surface area contributed by atoms with Crippen molar-refractivity contribution in [2.75, 3.05) is 13.7 Å². The van der Waals surface area contributed by atoms with Crippen molar-refractivity contribution in [3.63, 3.8) is 0 Å². The molecule has 1 N–H and O–H groups in total. The molecule has 0 saturated carbocycles. The lowest BCUT2D eigenvalue weighted by atomic mass is 9.89. The minimum Gasteiger partial charge on any atom is -0.396 e. The van der Waals surface area contributed by atoms with E-state index in [0.29, 0.717) is 0 Å². The highest BCUT2D eigenvalue weighted by Crippen LogP contribution is 2.23. The Kier molecular flexibility index (Phi) is 16.5. The average Bonchev–Trinajstić information content (AvgIpc) is 2.61. The number of hydrogen-bond acceptors (Lipinski definition) is 2.